The van der Waals surface area contributed by atoms with Crippen molar-refractivity contribution in [3.63, 3.8) is 0 Å². The molecule has 2 bridgehead atoms. The number of halogens is 2. The summed E-state index contributed by atoms with van der Waals surface area (Å²) >= 11 is 5.81. The molecule has 4 nitrogen and oxygen atoms in total. The van der Waals surface area contributed by atoms with Crippen molar-refractivity contribution < 1.29 is 23.8 Å². The lowest BCUT2D eigenvalue weighted by atomic mass is 9.80. The number of aliphatic hydroxyl groups is 1. The number of fused-ring (bicyclic) bond motifs is 5. The van der Waals surface area contributed by atoms with Gasteiger partial charge in [0.2, 0.25) is 0 Å². The van der Waals surface area contributed by atoms with Crippen LogP contribution in [0.25, 0.3) is 5.57 Å². The maximum absolute atomic E-state index is 13.4. The van der Waals surface area contributed by atoms with E-state index in [1.165, 1.54) is 18.2 Å². The van der Waals surface area contributed by atoms with E-state index >= 15 is 0 Å². The number of rotatable bonds is 3. The quantitative estimate of drug-likeness (QED) is 0.766. The van der Waals surface area contributed by atoms with Crippen molar-refractivity contribution in [3.05, 3.63) is 64.1 Å². The fourth-order valence-electron chi connectivity index (χ4n) is 4.70. The molecular formula is C22H18ClFO4. The minimum absolute atomic E-state index is 0.0283. The molecule has 3 aliphatic rings. The van der Waals surface area contributed by atoms with Crippen LogP contribution in [0.15, 0.2) is 42.2 Å². The molecule has 2 aromatic rings. The largest absolute Gasteiger partial charge is 0.511 e. The van der Waals surface area contributed by atoms with Gasteiger partial charge in [0.15, 0.2) is 5.78 Å². The predicted octanol–water partition coefficient (Wildman–Crippen LogP) is 5.23. The van der Waals surface area contributed by atoms with Crippen LogP contribution < -0.4 is 4.74 Å². The summed E-state index contributed by atoms with van der Waals surface area (Å²) < 4.78 is 25.0. The number of aliphatic hydroxyl groups excluding tert-OH is 1. The number of carbonyl (C=O) groups excluding carboxylic acids is 1. The van der Waals surface area contributed by atoms with E-state index in [4.69, 9.17) is 21.1 Å². The van der Waals surface area contributed by atoms with Crippen LogP contribution in [0.3, 0.4) is 0 Å². The topological polar surface area (TPSA) is 55.8 Å². The number of hydrogen-bond acceptors (Lipinski definition) is 4. The monoisotopic (exact) mass is 400 g/mol. The summed E-state index contributed by atoms with van der Waals surface area (Å²) in [7, 11) is 0. The Morgan fingerprint density at radius 2 is 1.79 bits per heavy atom. The average Bonchev–Trinajstić information content (AvgIpc) is 3.34. The van der Waals surface area contributed by atoms with Gasteiger partial charge in [-0.1, -0.05) is 17.7 Å². The Labute approximate surface area is 166 Å². The minimum Gasteiger partial charge on any atom is -0.511 e. The van der Waals surface area contributed by atoms with E-state index < -0.39 is 5.82 Å². The van der Waals surface area contributed by atoms with Gasteiger partial charge in [-0.15, -0.1) is 0 Å². The van der Waals surface area contributed by atoms with Crippen LogP contribution in [0.1, 0.15) is 24.0 Å². The Kier molecular flexibility index (Phi) is 4.00. The number of ketones is 1. The fraction of sp³-hybridized carbons (Fsp3) is 0.318. The molecule has 1 N–H and O–H groups in total. The first-order chi connectivity index (χ1) is 13.4. The summed E-state index contributed by atoms with van der Waals surface area (Å²) in [6.45, 7) is 1.89. The zero-order valence-electron chi connectivity index (χ0n) is 15.1. The van der Waals surface area contributed by atoms with E-state index in [0.717, 1.165) is 18.4 Å². The third-order valence-corrected chi connectivity index (χ3v) is 6.29. The van der Waals surface area contributed by atoms with Crippen molar-refractivity contribution >= 4 is 23.0 Å². The second-order valence-corrected chi connectivity index (χ2v) is 8.03. The first-order valence-corrected chi connectivity index (χ1v) is 9.68. The Hall–Kier alpha value is -2.37. The zero-order valence-corrected chi connectivity index (χ0v) is 15.9. The maximum Gasteiger partial charge on any atom is 0.173 e. The molecule has 1 aliphatic carbocycles. The van der Waals surface area contributed by atoms with Crippen molar-refractivity contribution in [2.24, 2.45) is 11.8 Å². The molecule has 2 aliphatic heterocycles. The van der Waals surface area contributed by atoms with Crippen molar-refractivity contribution in [3.8, 4) is 11.5 Å². The molecule has 144 valence electrons. The third kappa shape index (κ3) is 2.57. The number of carbonyl (C=O) groups is 1. The molecule has 2 heterocycles. The SMILES string of the molecule is Cc1ccc(Oc2ccc(F)c(Cl)c2)cc1C1=C(O)[C@H]2[C@@H](C1=O)[C@@H]1CC[C@H]2O1. The lowest BCUT2D eigenvalue weighted by Crippen LogP contribution is -2.29. The minimum atomic E-state index is -0.520. The Morgan fingerprint density at radius 1 is 1.11 bits per heavy atom. The second-order valence-electron chi connectivity index (χ2n) is 7.62. The molecule has 0 unspecified atom stereocenters. The van der Waals surface area contributed by atoms with Crippen LogP contribution >= 0.6 is 11.6 Å². The van der Waals surface area contributed by atoms with Crippen LogP contribution in [-0.2, 0) is 9.53 Å². The van der Waals surface area contributed by atoms with Crippen LogP contribution in [0.4, 0.5) is 4.39 Å². The predicted molar refractivity (Wildman–Crippen MR) is 102 cm³/mol. The van der Waals surface area contributed by atoms with Gasteiger partial charge >= 0.3 is 0 Å². The summed E-state index contributed by atoms with van der Waals surface area (Å²) in [6, 6.07) is 9.45. The van der Waals surface area contributed by atoms with Crippen LogP contribution in [0.5, 0.6) is 11.5 Å². The van der Waals surface area contributed by atoms with Gasteiger partial charge in [0.1, 0.15) is 23.1 Å². The molecule has 4 atom stereocenters. The Balaban J connectivity index is 1.51. The van der Waals surface area contributed by atoms with Crippen molar-refractivity contribution in [2.75, 3.05) is 0 Å². The molecule has 28 heavy (non-hydrogen) atoms. The Bertz CT molecular complexity index is 1030. The molecular weight excluding hydrogens is 383 g/mol. The van der Waals surface area contributed by atoms with E-state index in [-0.39, 0.29) is 40.6 Å². The smallest absolute Gasteiger partial charge is 0.173 e. The fourth-order valence-corrected chi connectivity index (χ4v) is 4.87. The van der Waals surface area contributed by atoms with Gasteiger partial charge in [0, 0.05) is 6.07 Å². The highest BCUT2D eigenvalue weighted by Gasteiger charge is 2.59. The number of allylic oxidation sites excluding steroid dienone is 1. The Morgan fingerprint density at radius 3 is 2.50 bits per heavy atom. The number of Topliss-reactive ketones (excluding diaryl/α,β-unsaturated/α-hetero) is 1. The molecule has 2 saturated heterocycles. The van der Waals surface area contributed by atoms with Crippen LogP contribution in [-0.4, -0.2) is 23.1 Å². The molecule has 2 aromatic carbocycles. The maximum atomic E-state index is 13.4. The summed E-state index contributed by atoms with van der Waals surface area (Å²) in [5.74, 6) is -0.0939. The number of aryl methyl sites for hydroxylation is 1. The van der Waals surface area contributed by atoms with Gasteiger partial charge in [-0.2, -0.15) is 0 Å². The lowest BCUT2D eigenvalue weighted by molar-refractivity contribution is -0.118. The highest BCUT2D eigenvalue weighted by molar-refractivity contribution is 6.30. The summed E-state index contributed by atoms with van der Waals surface area (Å²) in [5, 5.41) is 10.8. The highest BCUT2D eigenvalue weighted by atomic mass is 35.5. The number of benzene rings is 2. The molecule has 6 heteroatoms. The van der Waals surface area contributed by atoms with Gasteiger partial charge in [0.25, 0.3) is 0 Å². The van der Waals surface area contributed by atoms with Gasteiger partial charge in [0.05, 0.1) is 34.6 Å². The van der Waals surface area contributed by atoms with E-state index in [9.17, 15) is 14.3 Å². The lowest BCUT2D eigenvalue weighted by Gasteiger charge is -2.19. The standard InChI is InChI=1S/C22H18ClFO4/c1-10-2-3-11(27-12-4-5-15(24)14(23)9-12)8-13(10)18-21(25)19-16-6-7-17(28-16)20(19)22(18)26/h2-5,8-9,16-17,19-20,25H,6-7H2,1H3/t16-,17+,19-,20+/m1/s1. The molecule has 0 spiro atoms. The van der Waals surface area contributed by atoms with Crippen molar-refractivity contribution in [2.45, 2.75) is 32.0 Å². The van der Waals surface area contributed by atoms with Crippen LogP contribution in [0.2, 0.25) is 5.02 Å². The van der Waals surface area contributed by atoms with Crippen molar-refractivity contribution in [1.82, 2.24) is 0 Å². The van der Waals surface area contributed by atoms with E-state index in [1.807, 2.05) is 13.0 Å². The molecule has 0 amide bonds. The highest BCUT2D eigenvalue weighted by Crippen LogP contribution is 2.53. The normalized spacial score (nSPS) is 28.2. The van der Waals surface area contributed by atoms with E-state index in [2.05, 4.69) is 0 Å². The van der Waals surface area contributed by atoms with E-state index in [1.54, 1.807) is 12.1 Å². The molecule has 5 rings (SSSR count). The second kappa shape index (κ2) is 6.33. The van der Waals surface area contributed by atoms with Gasteiger partial charge in [-0.05, 0) is 55.2 Å². The molecule has 0 radical (unpaired) electrons. The number of ether oxygens (including phenoxy) is 2. The molecule has 0 aromatic heterocycles. The zero-order chi connectivity index (χ0) is 19.6. The van der Waals surface area contributed by atoms with Crippen molar-refractivity contribution in [1.29, 1.82) is 0 Å². The first-order valence-electron chi connectivity index (χ1n) is 9.31. The summed E-state index contributed by atoms with van der Waals surface area (Å²) in [4.78, 5) is 13.1. The van der Waals surface area contributed by atoms with Gasteiger partial charge in [-0.3, -0.25) is 4.79 Å². The first kappa shape index (κ1) is 17.7. The molecule has 0 saturated carbocycles. The summed E-state index contributed by atoms with van der Waals surface area (Å²) in [6.07, 6.45) is 1.58. The van der Waals surface area contributed by atoms with Crippen LogP contribution in [0, 0.1) is 24.6 Å². The third-order valence-electron chi connectivity index (χ3n) is 6.00. The van der Waals surface area contributed by atoms with Gasteiger partial charge < -0.3 is 14.6 Å². The molecule has 2 fully saturated rings. The average molecular weight is 401 g/mol. The number of hydrogen-bond donors (Lipinski definition) is 1. The van der Waals surface area contributed by atoms with Gasteiger partial charge in [-0.25, -0.2) is 4.39 Å². The summed E-state index contributed by atoms with van der Waals surface area (Å²) in [5.41, 5.74) is 1.89. The van der Waals surface area contributed by atoms with E-state index in [0.29, 0.717) is 22.6 Å².